The molecular formula is C15H17BrN2O3. The van der Waals surface area contributed by atoms with Crippen molar-refractivity contribution in [1.29, 1.82) is 5.26 Å². The van der Waals surface area contributed by atoms with Crippen molar-refractivity contribution in [3.05, 3.63) is 28.2 Å². The quantitative estimate of drug-likeness (QED) is 0.881. The van der Waals surface area contributed by atoms with E-state index in [9.17, 15) is 10.1 Å². The lowest BCUT2D eigenvalue weighted by Gasteiger charge is -2.34. The maximum atomic E-state index is 10.5. The van der Waals surface area contributed by atoms with Gasteiger partial charge in [0, 0.05) is 17.6 Å². The third-order valence-corrected chi connectivity index (χ3v) is 4.02. The largest absolute Gasteiger partial charge is 0.481 e. The fourth-order valence-electron chi connectivity index (χ4n) is 2.45. The zero-order valence-corrected chi connectivity index (χ0v) is 13.2. The van der Waals surface area contributed by atoms with Crippen LogP contribution in [0.4, 0.5) is 5.69 Å². The number of halogens is 1. The molecule has 0 bridgehead atoms. The number of carboxylic acids is 1. The van der Waals surface area contributed by atoms with Gasteiger partial charge in [0.05, 0.1) is 30.4 Å². The van der Waals surface area contributed by atoms with Gasteiger partial charge in [-0.1, -0.05) is 15.9 Å². The summed E-state index contributed by atoms with van der Waals surface area (Å²) in [6, 6.07) is 7.94. The summed E-state index contributed by atoms with van der Waals surface area (Å²) in [7, 11) is 0. The SMILES string of the molecule is N#Cc1cc(Br)ccc1N1CCC(OCCC(=O)O)CC1. The van der Waals surface area contributed by atoms with Crippen LogP contribution in [0.25, 0.3) is 0 Å². The minimum absolute atomic E-state index is 0.0471. The van der Waals surface area contributed by atoms with E-state index in [1.54, 1.807) is 0 Å². The van der Waals surface area contributed by atoms with Crippen molar-refractivity contribution in [1.82, 2.24) is 0 Å². The Morgan fingerprint density at radius 1 is 1.48 bits per heavy atom. The number of rotatable bonds is 5. The Labute approximate surface area is 132 Å². The molecule has 21 heavy (non-hydrogen) atoms. The maximum Gasteiger partial charge on any atom is 0.305 e. The molecule has 1 aromatic carbocycles. The number of hydrogen-bond acceptors (Lipinski definition) is 4. The Morgan fingerprint density at radius 2 is 2.19 bits per heavy atom. The first-order valence-corrected chi connectivity index (χ1v) is 7.67. The Kier molecular flexibility index (Phi) is 5.59. The maximum absolute atomic E-state index is 10.5. The van der Waals surface area contributed by atoms with Gasteiger partial charge in [-0.15, -0.1) is 0 Å². The molecule has 0 radical (unpaired) electrons. The number of hydrogen-bond donors (Lipinski definition) is 1. The van der Waals surface area contributed by atoms with Gasteiger partial charge in [0.2, 0.25) is 0 Å². The zero-order chi connectivity index (χ0) is 15.2. The summed E-state index contributed by atoms with van der Waals surface area (Å²) in [6.07, 6.45) is 1.86. The number of nitrogens with zero attached hydrogens (tertiary/aromatic N) is 2. The molecule has 0 atom stereocenters. The van der Waals surface area contributed by atoms with Gasteiger partial charge in [0.25, 0.3) is 0 Å². The van der Waals surface area contributed by atoms with E-state index < -0.39 is 5.97 Å². The third-order valence-electron chi connectivity index (χ3n) is 3.53. The molecule has 0 spiro atoms. The average Bonchev–Trinajstić information content (AvgIpc) is 2.47. The van der Waals surface area contributed by atoms with E-state index in [2.05, 4.69) is 26.9 Å². The van der Waals surface area contributed by atoms with Crippen LogP contribution in [0.15, 0.2) is 22.7 Å². The number of carboxylic acid groups (broad SMARTS) is 1. The zero-order valence-electron chi connectivity index (χ0n) is 11.6. The van der Waals surface area contributed by atoms with Crippen LogP contribution in [0.5, 0.6) is 0 Å². The third kappa shape index (κ3) is 4.45. The standard InChI is InChI=1S/C15H17BrN2O3/c16-12-1-2-14(11(9-12)10-17)18-6-3-13(4-7-18)21-8-5-15(19)20/h1-2,9,13H,3-8H2,(H,19,20). The molecule has 1 N–H and O–H groups in total. The molecule has 112 valence electrons. The second-order valence-corrected chi connectivity index (χ2v) is 5.89. The van der Waals surface area contributed by atoms with Crippen molar-refractivity contribution in [2.45, 2.75) is 25.4 Å². The number of anilines is 1. The second kappa shape index (κ2) is 7.43. The van der Waals surface area contributed by atoms with Crippen LogP contribution in [0.3, 0.4) is 0 Å². The van der Waals surface area contributed by atoms with Crippen LogP contribution in [-0.2, 0) is 9.53 Å². The molecule has 1 saturated heterocycles. The lowest BCUT2D eigenvalue weighted by atomic mass is 10.1. The molecule has 5 nitrogen and oxygen atoms in total. The Hall–Kier alpha value is -1.58. The minimum Gasteiger partial charge on any atom is -0.481 e. The van der Waals surface area contributed by atoms with Gasteiger partial charge in [-0.3, -0.25) is 4.79 Å². The summed E-state index contributed by atoms with van der Waals surface area (Å²) in [6.45, 7) is 1.89. The van der Waals surface area contributed by atoms with E-state index in [1.807, 2.05) is 18.2 Å². The van der Waals surface area contributed by atoms with E-state index in [1.165, 1.54) is 0 Å². The van der Waals surface area contributed by atoms with E-state index >= 15 is 0 Å². The molecule has 0 unspecified atom stereocenters. The Balaban J connectivity index is 1.89. The number of piperidine rings is 1. The first-order chi connectivity index (χ1) is 10.1. The van der Waals surface area contributed by atoms with E-state index in [0.717, 1.165) is 36.1 Å². The minimum atomic E-state index is -0.832. The first kappa shape index (κ1) is 15.8. The molecule has 0 aliphatic carbocycles. The van der Waals surface area contributed by atoms with Crippen LogP contribution in [0.2, 0.25) is 0 Å². The van der Waals surface area contributed by atoms with Crippen molar-refractivity contribution in [2.75, 3.05) is 24.6 Å². The van der Waals surface area contributed by atoms with Crippen LogP contribution < -0.4 is 4.90 Å². The lowest BCUT2D eigenvalue weighted by molar-refractivity contribution is -0.138. The summed E-state index contributed by atoms with van der Waals surface area (Å²) in [5, 5.41) is 17.8. The highest BCUT2D eigenvalue weighted by Crippen LogP contribution is 2.27. The summed E-state index contributed by atoms with van der Waals surface area (Å²) >= 11 is 3.37. The van der Waals surface area contributed by atoms with Gasteiger partial charge in [0.15, 0.2) is 0 Å². The number of carbonyl (C=O) groups is 1. The van der Waals surface area contributed by atoms with E-state index in [4.69, 9.17) is 9.84 Å². The van der Waals surface area contributed by atoms with E-state index in [0.29, 0.717) is 5.56 Å². The molecule has 0 saturated carbocycles. The van der Waals surface area contributed by atoms with Gasteiger partial charge in [-0.2, -0.15) is 5.26 Å². The van der Waals surface area contributed by atoms with Crippen molar-refractivity contribution < 1.29 is 14.6 Å². The van der Waals surface area contributed by atoms with Crippen LogP contribution >= 0.6 is 15.9 Å². The Bertz CT molecular complexity index is 548. The van der Waals surface area contributed by atoms with Gasteiger partial charge < -0.3 is 14.7 Å². The normalized spacial score (nSPS) is 15.7. The second-order valence-electron chi connectivity index (χ2n) is 4.97. The molecular weight excluding hydrogens is 336 g/mol. The summed E-state index contributed by atoms with van der Waals surface area (Å²) in [5.74, 6) is -0.832. The summed E-state index contributed by atoms with van der Waals surface area (Å²) in [4.78, 5) is 12.6. The average molecular weight is 353 g/mol. The topological polar surface area (TPSA) is 73.6 Å². The first-order valence-electron chi connectivity index (χ1n) is 6.88. The predicted molar refractivity (Wildman–Crippen MR) is 82.3 cm³/mol. The van der Waals surface area contributed by atoms with Gasteiger partial charge >= 0.3 is 5.97 Å². The lowest BCUT2D eigenvalue weighted by Crippen LogP contribution is -2.37. The van der Waals surface area contributed by atoms with Crippen molar-refractivity contribution in [3.63, 3.8) is 0 Å². The number of benzene rings is 1. The fourth-order valence-corrected chi connectivity index (χ4v) is 2.81. The van der Waals surface area contributed by atoms with Gasteiger partial charge in [-0.05, 0) is 31.0 Å². The van der Waals surface area contributed by atoms with Gasteiger partial charge in [0.1, 0.15) is 6.07 Å². The number of ether oxygens (including phenoxy) is 1. The fraction of sp³-hybridized carbons (Fsp3) is 0.467. The molecule has 0 amide bonds. The van der Waals surface area contributed by atoms with Gasteiger partial charge in [-0.25, -0.2) is 0 Å². The highest BCUT2D eigenvalue weighted by atomic mass is 79.9. The molecule has 1 fully saturated rings. The molecule has 0 aromatic heterocycles. The molecule has 1 aliphatic heterocycles. The van der Waals surface area contributed by atoms with Crippen LogP contribution in [0.1, 0.15) is 24.8 Å². The van der Waals surface area contributed by atoms with E-state index in [-0.39, 0.29) is 19.1 Å². The molecule has 1 aromatic rings. The Morgan fingerprint density at radius 3 is 2.81 bits per heavy atom. The van der Waals surface area contributed by atoms with Crippen LogP contribution in [0, 0.1) is 11.3 Å². The molecule has 1 heterocycles. The van der Waals surface area contributed by atoms with Crippen molar-refractivity contribution >= 4 is 27.6 Å². The smallest absolute Gasteiger partial charge is 0.305 e. The number of nitriles is 1. The highest BCUT2D eigenvalue weighted by Gasteiger charge is 2.21. The predicted octanol–water partition coefficient (Wildman–Crippen LogP) is 2.78. The highest BCUT2D eigenvalue weighted by molar-refractivity contribution is 9.10. The van der Waals surface area contributed by atoms with Crippen LogP contribution in [-0.4, -0.2) is 36.9 Å². The molecule has 6 heteroatoms. The monoisotopic (exact) mass is 352 g/mol. The molecule has 1 aliphatic rings. The van der Waals surface area contributed by atoms with Crippen molar-refractivity contribution in [2.24, 2.45) is 0 Å². The van der Waals surface area contributed by atoms with Crippen molar-refractivity contribution in [3.8, 4) is 6.07 Å². The number of aliphatic carboxylic acids is 1. The summed E-state index contributed by atoms with van der Waals surface area (Å²) in [5.41, 5.74) is 1.61. The molecule has 2 rings (SSSR count). The summed E-state index contributed by atoms with van der Waals surface area (Å²) < 4.78 is 6.47.